The Bertz CT molecular complexity index is 366. The summed E-state index contributed by atoms with van der Waals surface area (Å²) in [6, 6.07) is 9.32. The lowest BCUT2D eigenvalue weighted by atomic mass is 10.2. The summed E-state index contributed by atoms with van der Waals surface area (Å²) in [5.41, 5.74) is 0.887. The molecule has 0 saturated heterocycles. The third-order valence-electron chi connectivity index (χ3n) is 1.71. The highest BCUT2D eigenvalue weighted by Crippen LogP contribution is 2.01. The third kappa shape index (κ3) is 4.22. The smallest absolute Gasteiger partial charge is 0.338 e. The molecule has 78 valence electrons. The largest absolute Gasteiger partial charge is 0.390 e. The van der Waals surface area contributed by atoms with Crippen LogP contribution in [-0.2, 0) is 14.3 Å². The molecule has 0 heterocycles. The molecule has 0 N–H and O–H groups in total. The van der Waals surface area contributed by atoms with Crippen LogP contribution < -0.4 is 0 Å². The maximum Gasteiger partial charge on any atom is 0.338 e. The average Bonchev–Trinajstić information content (AvgIpc) is 2.27. The number of benzene rings is 1. The van der Waals surface area contributed by atoms with E-state index in [0.717, 1.165) is 5.56 Å². The molecule has 0 amide bonds. The lowest BCUT2D eigenvalue weighted by Crippen LogP contribution is -2.08. The zero-order chi connectivity index (χ0) is 11.1. The number of rotatable bonds is 3. The molecule has 15 heavy (non-hydrogen) atoms. The second-order valence-electron chi connectivity index (χ2n) is 2.89. The Hall–Kier alpha value is -1.90. The number of hydrogen-bond donors (Lipinski definition) is 0. The van der Waals surface area contributed by atoms with Gasteiger partial charge in [-0.3, -0.25) is 4.79 Å². The van der Waals surface area contributed by atoms with E-state index in [4.69, 9.17) is 0 Å². The number of esters is 2. The fraction of sp³-hybridized carbons (Fsp3) is 0.167. The van der Waals surface area contributed by atoms with E-state index in [1.165, 1.54) is 6.08 Å². The Morgan fingerprint density at radius 1 is 1.27 bits per heavy atom. The molecule has 1 aromatic carbocycles. The summed E-state index contributed by atoms with van der Waals surface area (Å²) in [5.74, 6) is -1.15. The molecule has 0 spiro atoms. The van der Waals surface area contributed by atoms with Crippen molar-refractivity contribution < 1.29 is 14.3 Å². The number of carbonyl (C=O) groups is 2. The molecular weight excluding hydrogens is 192 g/mol. The maximum absolute atomic E-state index is 11.1. The van der Waals surface area contributed by atoms with Gasteiger partial charge in [0.05, 0.1) is 0 Å². The van der Waals surface area contributed by atoms with E-state index in [1.54, 1.807) is 13.0 Å². The van der Waals surface area contributed by atoms with Crippen LogP contribution in [0.15, 0.2) is 36.4 Å². The molecule has 0 aromatic heterocycles. The van der Waals surface area contributed by atoms with Crippen molar-refractivity contribution in [3.05, 3.63) is 42.0 Å². The summed E-state index contributed by atoms with van der Waals surface area (Å²) >= 11 is 0. The van der Waals surface area contributed by atoms with Crippen molar-refractivity contribution in [3.8, 4) is 0 Å². The van der Waals surface area contributed by atoms with Gasteiger partial charge in [0.1, 0.15) is 0 Å². The van der Waals surface area contributed by atoms with Crippen LogP contribution in [0.5, 0.6) is 0 Å². The average molecular weight is 204 g/mol. The Kier molecular flexibility index (Phi) is 4.29. The highest BCUT2D eigenvalue weighted by Gasteiger charge is 2.03. The van der Waals surface area contributed by atoms with Crippen LogP contribution in [-0.4, -0.2) is 11.9 Å². The molecule has 3 heteroatoms. The van der Waals surface area contributed by atoms with Crippen molar-refractivity contribution in [1.29, 1.82) is 0 Å². The highest BCUT2D eigenvalue weighted by molar-refractivity contribution is 5.94. The normalized spacial score (nSPS) is 10.2. The first-order chi connectivity index (χ1) is 7.22. The minimum absolute atomic E-state index is 0.199. The summed E-state index contributed by atoms with van der Waals surface area (Å²) in [6.07, 6.45) is 3.04. The van der Waals surface area contributed by atoms with Crippen molar-refractivity contribution in [2.75, 3.05) is 0 Å². The van der Waals surface area contributed by atoms with Gasteiger partial charge in [-0.05, 0) is 11.6 Å². The van der Waals surface area contributed by atoms with E-state index in [1.807, 2.05) is 30.3 Å². The standard InChI is InChI=1S/C12H12O3/c1-2-11(13)15-12(14)9-8-10-6-4-3-5-7-10/h3-9H,2H2,1H3/b9-8+. The van der Waals surface area contributed by atoms with Gasteiger partial charge in [-0.15, -0.1) is 0 Å². The van der Waals surface area contributed by atoms with E-state index in [9.17, 15) is 9.59 Å². The van der Waals surface area contributed by atoms with Crippen LogP contribution in [0.1, 0.15) is 18.9 Å². The molecule has 0 aliphatic rings. The van der Waals surface area contributed by atoms with Crippen LogP contribution in [0, 0.1) is 0 Å². The SMILES string of the molecule is CCC(=O)OC(=O)/C=C/c1ccccc1. The molecule has 3 nitrogen and oxygen atoms in total. The monoisotopic (exact) mass is 204 g/mol. The summed E-state index contributed by atoms with van der Waals surface area (Å²) in [4.78, 5) is 21.8. The number of hydrogen-bond acceptors (Lipinski definition) is 3. The molecule has 0 unspecified atom stereocenters. The molecular formula is C12H12O3. The van der Waals surface area contributed by atoms with Crippen molar-refractivity contribution in [2.45, 2.75) is 13.3 Å². The summed E-state index contributed by atoms with van der Waals surface area (Å²) in [7, 11) is 0. The minimum atomic E-state index is -0.634. The van der Waals surface area contributed by atoms with Crippen molar-refractivity contribution >= 4 is 18.0 Å². The molecule has 0 saturated carbocycles. The Labute approximate surface area is 88.4 Å². The summed E-state index contributed by atoms with van der Waals surface area (Å²) in [6.45, 7) is 1.64. The van der Waals surface area contributed by atoms with Gasteiger partial charge < -0.3 is 4.74 Å². The molecule has 0 fully saturated rings. The van der Waals surface area contributed by atoms with Gasteiger partial charge in [0.2, 0.25) is 0 Å². The number of ether oxygens (including phenoxy) is 1. The molecule has 0 radical (unpaired) electrons. The second-order valence-corrected chi connectivity index (χ2v) is 2.89. The quantitative estimate of drug-likeness (QED) is 0.430. The van der Waals surface area contributed by atoms with E-state index < -0.39 is 11.9 Å². The van der Waals surface area contributed by atoms with Crippen molar-refractivity contribution in [3.63, 3.8) is 0 Å². The minimum Gasteiger partial charge on any atom is -0.390 e. The molecule has 0 bridgehead atoms. The predicted molar refractivity (Wildman–Crippen MR) is 56.9 cm³/mol. The second kappa shape index (κ2) is 5.75. The number of carbonyl (C=O) groups excluding carboxylic acids is 2. The fourth-order valence-corrected chi connectivity index (χ4v) is 0.947. The van der Waals surface area contributed by atoms with Gasteiger partial charge in [-0.25, -0.2) is 4.79 Å². The van der Waals surface area contributed by atoms with E-state index in [2.05, 4.69) is 4.74 Å². The van der Waals surface area contributed by atoms with Gasteiger partial charge in [-0.2, -0.15) is 0 Å². The zero-order valence-electron chi connectivity index (χ0n) is 8.47. The Morgan fingerprint density at radius 3 is 2.53 bits per heavy atom. The van der Waals surface area contributed by atoms with Crippen molar-refractivity contribution in [1.82, 2.24) is 0 Å². The third-order valence-corrected chi connectivity index (χ3v) is 1.71. The van der Waals surface area contributed by atoms with Crippen molar-refractivity contribution in [2.24, 2.45) is 0 Å². The topological polar surface area (TPSA) is 43.4 Å². The van der Waals surface area contributed by atoms with E-state index in [-0.39, 0.29) is 6.42 Å². The van der Waals surface area contributed by atoms with Crippen LogP contribution in [0.2, 0.25) is 0 Å². The Morgan fingerprint density at radius 2 is 1.93 bits per heavy atom. The van der Waals surface area contributed by atoms with Crippen LogP contribution >= 0.6 is 0 Å². The van der Waals surface area contributed by atoms with Crippen LogP contribution in [0.25, 0.3) is 6.08 Å². The van der Waals surface area contributed by atoms with Gasteiger partial charge >= 0.3 is 11.9 Å². The molecule has 0 aliphatic carbocycles. The van der Waals surface area contributed by atoms with Crippen LogP contribution in [0.3, 0.4) is 0 Å². The lowest BCUT2D eigenvalue weighted by molar-refractivity contribution is -0.155. The van der Waals surface area contributed by atoms with Gasteiger partial charge in [-0.1, -0.05) is 37.3 Å². The summed E-state index contributed by atoms with van der Waals surface area (Å²) in [5, 5.41) is 0. The zero-order valence-corrected chi connectivity index (χ0v) is 8.47. The van der Waals surface area contributed by atoms with Gasteiger partial charge in [0, 0.05) is 12.5 Å². The first-order valence-electron chi connectivity index (χ1n) is 4.70. The summed E-state index contributed by atoms with van der Waals surface area (Å²) < 4.78 is 4.46. The first-order valence-corrected chi connectivity index (χ1v) is 4.70. The fourth-order valence-electron chi connectivity index (χ4n) is 0.947. The molecule has 0 aliphatic heterocycles. The van der Waals surface area contributed by atoms with Gasteiger partial charge in [0.25, 0.3) is 0 Å². The maximum atomic E-state index is 11.1. The molecule has 0 atom stereocenters. The van der Waals surface area contributed by atoms with E-state index >= 15 is 0 Å². The highest BCUT2D eigenvalue weighted by atomic mass is 16.6. The molecule has 1 rings (SSSR count). The predicted octanol–water partition coefficient (Wildman–Crippen LogP) is 2.18. The Balaban J connectivity index is 2.52. The lowest BCUT2D eigenvalue weighted by Gasteiger charge is -1.95. The van der Waals surface area contributed by atoms with E-state index in [0.29, 0.717) is 0 Å². The molecule has 1 aromatic rings. The van der Waals surface area contributed by atoms with Crippen LogP contribution in [0.4, 0.5) is 0 Å². The van der Waals surface area contributed by atoms with Gasteiger partial charge in [0.15, 0.2) is 0 Å². The first kappa shape index (κ1) is 11.2.